The summed E-state index contributed by atoms with van der Waals surface area (Å²) in [5.74, 6) is -0.137. The van der Waals surface area contributed by atoms with E-state index in [0.29, 0.717) is 11.4 Å². The number of nitrogen functional groups attached to an aromatic ring is 1. The van der Waals surface area contributed by atoms with Crippen molar-refractivity contribution in [3.63, 3.8) is 0 Å². The van der Waals surface area contributed by atoms with Crippen LogP contribution < -0.4 is 11.1 Å². The van der Waals surface area contributed by atoms with E-state index in [2.05, 4.69) is 10.3 Å². The Balaban J connectivity index is 2.00. The molecule has 0 radical (unpaired) electrons. The maximum Gasteiger partial charge on any atom is 0.253 e. The number of amides is 1. The first kappa shape index (κ1) is 10.9. The average molecular weight is 221 g/mol. The summed E-state index contributed by atoms with van der Waals surface area (Å²) in [6.07, 6.45) is 4.58. The Hall–Kier alpha value is -1.62. The van der Waals surface area contributed by atoms with Crippen LogP contribution in [0.5, 0.6) is 0 Å². The van der Waals surface area contributed by atoms with E-state index in [-0.39, 0.29) is 18.1 Å². The maximum absolute atomic E-state index is 11.8. The molecular formula is C11H15N3O2. The molecule has 1 aromatic heterocycles. The Morgan fingerprint density at radius 1 is 1.62 bits per heavy atom. The summed E-state index contributed by atoms with van der Waals surface area (Å²) < 4.78 is 5.47. The second-order valence-corrected chi connectivity index (χ2v) is 3.96. The van der Waals surface area contributed by atoms with Gasteiger partial charge in [-0.05, 0) is 25.8 Å². The Morgan fingerprint density at radius 3 is 3.06 bits per heavy atom. The highest BCUT2D eigenvalue weighted by molar-refractivity contribution is 5.96. The van der Waals surface area contributed by atoms with Crippen LogP contribution in [0.1, 0.15) is 19.8 Å². The van der Waals surface area contributed by atoms with Crippen molar-refractivity contribution in [1.29, 1.82) is 0 Å². The number of carbonyl (C=O) groups is 1. The third-order valence-electron chi connectivity index (χ3n) is 2.63. The molecule has 2 heterocycles. The Morgan fingerprint density at radius 2 is 2.44 bits per heavy atom. The van der Waals surface area contributed by atoms with Gasteiger partial charge in [-0.3, -0.25) is 9.78 Å². The van der Waals surface area contributed by atoms with Crippen molar-refractivity contribution in [3.05, 3.63) is 18.5 Å². The fraction of sp³-hybridized carbons (Fsp3) is 0.455. The van der Waals surface area contributed by atoms with Gasteiger partial charge in [-0.1, -0.05) is 0 Å². The van der Waals surface area contributed by atoms with E-state index in [1.165, 1.54) is 6.20 Å². The minimum atomic E-state index is -0.359. The number of anilines is 2. The molecule has 1 aromatic rings. The van der Waals surface area contributed by atoms with Gasteiger partial charge in [0.25, 0.3) is 5.91 Å². The monoisotopic (exact) mass is 221 g/mol. The predicted octanol–water partition coefficient (Wildman–Crippen LogP) is 1.17. The molecular weight excluding hydrogens is 206 g/mol. The lowest BCUT2D eigenvalue weighted by atomic mass is 10.2. The summed E-state index contributed by atoms with van der Waals surface area (Å²) >= 11 is 0. The van der Waals surface area contributed by atoms with Gasteiger partial charge in [0.05, 0.1) is 23.7 Å². The zero-order valence-corrected chi connectivity index (χ0v) is 9.14. The second-order valence-electron chi connectivity index (χ2n) is 3.96. The molecule has 0 aromatic carbocycles. The van der Waals surface area contributed by atoms with Gasteiger partial charge in [-0.15, -0.1) is 0 Å². The highest BCUT2D eigenvalue weighted by Crippen LogP contribution is 2.22. The Bertz CT molecular complexity index is 395. The molecule has 5 heteroatoms. The maximum atomic E-state index is 11.8. The normalized spacial score (nSPS) is 24.3. The SMILES string of the molecule is CC1CCC(C(=O)Nc2ccncc2N)O1. The summed E-state index contributed by atoms with van der Waals surface area (Å²) in [6.45, 7) is 1.97. The minimum Gasteiger partial charge on any atom is -0.396 e. The molecule has 1 aliphatic heterocycles. The van der Waals surface area contributed by atoms with Crippen LogP contribution in [-0.2, 0) is 9.53 Å². The zero-order valence-electron chi connectivity index (χ0n) is 9.14. The lowest BCUT2D eigenvalue weighted by Crippen LogP contribution is -2.28. The van der Waals surface area contributed by atoms with E-state index < -0.39 is 0 Å². The molecule has 0 spiro atoms. The number of hydrogen-bond acceptors (Lipinski definition) is 4. The summed E-state index contributed by atoms with van der Waals surface area (Å²) in [5, 5.41) is 2.74. The highest BCUT2D eigenvalue weighted by Gasteiger charge is 2.28. The van der Waals surface area contributed by atoms with Crippen molar-refractivity contribution in [3.8, 4) is 0 Å². The van der Waals surface area contributed by atoms with Crippen molar-refractivity contribution in [2.75, 3.05) is 11.1 Å². The van der Waals surface area contributed by atoms with Gasteiger partial charge in [0.1, 0.15) is 6.10 Å². The van der Waals surface area contributed by atoms with Crippen molar-refractivity contribution < 1.29 is 9.53 Å². The van der Waals surface area contributed by atoms with Gasteiger partial charge in [0, 0.05) is 6.20 Å². The van der Waals surface area contributed by atoms with Gasteiger partial charge in [-0.2, -0.15) is 0 Å². The van der Waals surface area contributed by atoms with Crippen molar-refractivity contribution in [2.24, 2.45) is 0 Å². The number of nitrogens with zero attached hydrogens (tertiary/aromatic N) is 1. The number of nitrogens with two attached hydrogens (primary N) is 1. The Labute approximate surface area is 94.0 Å². The largest absolute Gasteiger partial charge is 0.396 e. The summed E-state index contributed by atoms with van der Waals surface area (Å²) in [4.78, 5) is 15.7. The number of carbonyl (C=O) groups excluding carboxylic acids is 1. The van der Waals surface area contributed by atoms with Crippen LogP contribution in [0.25, 0.3) is 0 Å². The van der Waals surface area contributed by atoms with Crippen LogP contribution >= 0.6 is 0 Å². The predicted molar refractivity (Wildman–Crippen MR) is 60.8 cm³/mol. The Kier molecular flexibility index (Phi) is 3.05. The quantitative estimate of drug-likeness (QED) is 0.785. The lowest BCUT2D eigenvalue weighted by Gasteiger charge is -2.12. The molecule has 3 N–H and O–H groups in total. The number of ether oxygens (including phenoxy) is 1. The second kappa shape index (κ2) is 4.49. The molecule has 1 aliphatic rings. The molecule has 2 atom stereocenters. The molecule has 86 valence electrons. The smallest absolute Gasteiger partial charge is 0.253 e. The topological polar surface area (TPSA) is 77.2 Å². The third-order valence-corrected chi connectivity index (χ3v) is 2.63. The van der Waals surface area contributed by atoms with E-state index in [4.69, 9.17) is 10.5 Å². The van der Waals surface area contributed by atoms with E-state index >= 15 is 0 Å². The molecule has 2 rings (SSSR count). The van der Waals surface area contributed by atoms with E-state index in [0.717, 1.165) is 12.8 Å². The molecule has 1 amide bonds. The van der Waals surface area contributed by atoms with Crippen LogP contribution in [0.15, 0.2) is 18.5 Å². The van der Waals surface area contributed by atoms with Crippen LogP contribution in [0, 0.1) is 0 Å². The third kappa shape index (κ3) is 2.30. The van der Waals surface area contributed by atoms with Gasteiger partial charge in [0.15, 0.2) is 0 Å². The van der Waals surface area contributed by atoms with E-state index in [1.54, 1.807) is 12.3 Å². The molecule has 0 aliphatic carbocycles. The van der Waals surface area contributed by atoms with Crippen LogP contribution in [0.4, 0.5) is 11.4 Å². The van der Waals surface area contributed by atoms with Crippen LogP contribution in [-0.4, -0.2) is 23.1 Å². The standard InChI is InChI=1S/C11H15N3O2/c1-7-2-3-10(16-7)11(15)14-9-4-5-13-6-8(9)12/h4-7,10H,2-3,12H2,1H3,(H,13,14,15). The van der Waals surface area contributed by atoms with Gasteiger partial charge < -0.3 is 15.8 Å². The van der Waals surface area contributed by atoms with E-state index in [1.807, 2.05) is 6.92 Å². The zero-order chi connectivity index (χ0) is 11.5. The van der Waals surface area contributed by atoms with Crippen molar-refractivity contribution >= 4 is 17.3 Å². The first-order chi connectivity index (χ1) is 7.66. The lowest BCUT2D eigenvalue weighted by molar-refractivity contribution is -0.126. The van der Waals surface area contributed by atoms with Gasteiger partial charge >= 0.3 is 0 Å². The number of rotatable bonds is 2. The van der Waals surface area contributed by atoms with Gasteiger partial charge in [0.2, 0.25) is 0 Å². The van der Waals surface area contributed by atoms with Crippen molar-refractivity contribution in [2.45, 2.75) is 32.0 Å². The molecule has 0 bridgehead atoms. The fourth-order valence-corrected chi connectivity index (χ4v) is 1.73. The fourth-order valence-electron chi connectivity index (χ4n) is 1.73. The number of nitrogens with one attached hydrogen (secondary N) is 1. The molecule has 5 nitrogen and oxygen atoms in total. The molecule has 16 heavy (non-hydrogen) atoms. The molecule has 0 saturated carbocycles. The van der Waals surface area contributed by atoms with Crippen LogP contribution in [0.2, 0.25) is 0 Å². The van der Waals surface area contributed by atoms with Crippen LogP contribution in [0.3, 0.4) is 0 Å². The molecule has 1 saturated heterocycles. The summed E-state index contributed by atoms with van der Waals surface area (Å²) in [7, 11) is 0. The van der Waals surface area contributed by atoms with E-state index in [9.17, 15) is 4.79 Å². The average Bonchev–Trinajstić information content (AvgIpc) is 2.68. The summed E-state index contributed by atoms with van der Waals surface area (Å²) in [6, 6.07) is 1.67. The first-order valence-electron chi connectivity index (χ1n) is 5.32. The number of aromatic nitrogens is 1. The minimum absolute atomic E-state index is 0.137. The highest BCUT2D eigenvalue weighted by atomic mass is 16.5. The first-order valence-corrected chi connectivity index (χ1v) is 5.32. The van der Waals surface area contributed by atoms with Crippen molar-refractivity contribution in [1.82, 2.24) is 4.98 Å². The molecule has 2 unspecified atom stereocenters. The van der Waals surface area contributed by atoms with Gasteiger partial charge in [-0.25, -0.2) is 0 Å². The number of hydrogen-bond donors (Lipinski definition) is 2. The summed E-state index contributed by atoms with van der Waals surface area (Å²) in [5.41, 5.74) is 6.72. The number of pyridine rings is 1. The molecule has 1 fully saturated rings.